The van der Waals surface area contributed by atoms with Gasteiger partial charge in [0.1, 0.15) is 12.0 Å². The highest BCUT2D eigenvalue weighted by molar-refractivity contribution is 7.90. The maximum atomic E-state index is 12.1. The molecule has 0 spiro atoms. The van der Waals surface area contributed by atoms with Gasteiger partial charge in [0.25, 0.3) is 0 Å². The summed E-state index contributed by atoms with van der Waals surface area (Å²) in [5, 5.41) is 9.44. The van der Waals surface area contributed by atoms with Crippen molar-refractivity contribution < 1.29 is 14.5 Å². The van der Waals surface area contributed by atoms with E-state index in [-0.39, 0.29) is 11.5 Å². The number of phenolic OH excluding ortho intramolecular Hbond substituents is 1. The van der Waals surface area contributed by atoms with Crippen molar-refractivity contribution in [3.8, 4) is 16.9 Å². The third-order valence-corrected chi connectivity index (χ3v) is 4.02. The van der Waals surface area contributed by atoms with E-state index in [1.807, 2.05) is 0 Å². The fourth-order valence-electron chi connectivity index (χ4n) is 2.22. The highest BCUT2D eigenvalue weighted by Crippen LogP contribution is 2.39. The SMILES string of the molecule is C[S+]([O-])c1ccc2c(c1)-c1ccc(O)cc1C2=O. The van der Waals surface area contributed by atoms with E-state index in [0.29, 0.717) is 16.0 Å². The van der Waals surface area contributed by atoms with Gasteiger partial charge >= 0.3 is 0 Å². The van der Waals surface area contributed by atoms with Gasteiger partial charge in [0.15, 0.2) is 10.7 Å². The predicted molar refractivity (Wildman–Crippen MR) is 69.3 cm³/mol. The van der Waals surface area contributed by atoms with Crippen LogP contribution in [0.3, 0.4) is 0 Å². The summed E-state index contributed by atoms with van der Waals surface area (Å²) in [4.78, 5) is 12.8. The molecule has 2 aromatic rings. The number of hydrogen-bond donors (Lipinski definition) is 1. The van der Waals surface area contributed by atoms with E-state index in [1.165, 1.54) is 6.07 Å². The average Bonchev–Trinajstić information content (AvgIpc) is 2.62. The molecule has 1 unspecified atom stereocenters. The third kappa shape index (κ3) is 1.54. The largest absolute Gasteiger partial charge is 0.612 e. The number of ketones is 1. The molecule has 1 aliphatic rings. The molecule has 0 saturated heterocycles. The van der Waals surface area contributed by atoms with Crippen molar-refractivity contribution in [3.63, 3.8) is 0 Å². The second kappa shape index (κ2) is 3.86. The number of benzene rings is 2. The Morgan fingerprint density at radius 3 is 2.44 bits per heavy atom. The minimum absolute atomic E-state index is 0.0780. The average molecular weight is 258 g/mol. The van der Waals surface area contributed by atoms with Crippen LogP contribution in [0, 0.1) is 0 Å². The van der Waals surface area contributed by atoms with Crippen molar-refractivity contribution in [1.82, 2.24) is 0 Å². The first-order valence-electron chi connectivity index (χ1n) is 5.43. The van der Waals surface area contributed by atoms with Crippen molar-refractivity contribution >= 4 is 17.0 Å². The molecular weight excluding hydrogens is 248 g/mol. The molecule has 0 aliphatic heterocycles. The first-order chi connectivity index (χ1) is 8.58. The summed E-state index contributed by atoms with van der Waals surface area (Å²) in [5.41, 5.74) is 2.69. The van der Waals surface area contributed by atoms with Gasteiger partial charge in [0.2, 0.25) is 0 Å². The van der Waals surface area contributed by atoms with E-state index < -0.39 is 11.2 Å². The zero-order chi connectivity index (χ0) is 12.9. The minimum atomic E-state index is -1.07. The molecule has 0 bridgehead atoms. The Bertz CT molecular complexity index is 662. The molecule has 0 heterocycles. The number of rotatable bonds is 1. The molecule has 0 aromatic heterocycles. The van der Waals surface area contributed by atoms with Crippen LogP contribution in [-0.4, -0.2) is 21.7 Å². The minimum Gasteiger partial charge on any atom is -0.612 e. The van der Waals surface area contributed by atoms with Crippen LogP contribution < -0.4 is 0 Å². The van der Waals surface area contributed by atoms with Gasteiger partial charge in [-0.15, -0.1) is 0 Å². The fraction of sp³-hybridized carbons (Fsp3) is 0.0714. The third-order valence-electron chi connectivity index (χ3n) is 3.11. The number of aromatic hydroxyl groups is 1. The monoisotopic (exact) mass is 258 g/mol. The van der Waals surface area contributed by atoms with Crippen molar-refractivity contribution in [3.05, 3.63) is 47.5 Å². The molecule has 0 fully saturated rings. The molecule has 0 amide bonds. The molecular formula is C14H10O3S. The molecule has 1 atom stereocenters. The van der Waals surface area contributed by atoms with E-state index >= 15 is 0 Å². The molecule has 3 rings (SSSR count). The summed E-state index contributed by atoms with van der Waals surface area (Å²) >= 11 is -1.07. The van der Waals surface area contributed by atoms with Gasteiger partial charge in [0.05, 0.1) is 0 Å². The van der Waals surface area contributed by atoms with E-state index in [1.54, 1.807) is 36.6 Å². The second-order valence-electron chi connectivity index (χ2n) is 4.22. The Morgan fingerprint density at radius 2 is 1.72 bits per heavy atom. The lowest BCUT2D eigenvalue weighted by atomic mass is 10.1. The lowest BCUT2D eigenvalue weighted by Gasteiger charge is -2.06. The van der Waals surface area contributed by atoms with Crippen LogP contribution in [0.4, 0.5) is 0 Å². The zero-order valence-corrected chi connectivity index (χ0v) is 10.5. The summed E-state index contributed by atoms with van der Waals surface area (Å²) in [7, 11) is 0. The Balaban J connectivity index is 2.26. The number of carbonyl (C=O) groups is 1. The summed E-state index contributed by atoms with van der Waals surface area (Å²) in [6, 6.07) is 9.93. The summed E-state index contributed by atoms with van der Waals surface area (Å²) in [6.07, 6.45) is 1.61. The number of phenols is 1. The van der Waals surface area contributed by atoms with Crippen LogP contribution in [0.25, 0.3) is 11.1 Å². The Morgan fingerprint density at radius 1 is 1.00 bits per heavy atom. The molecule has 4 heteroatoms. The van der Waals surface area contributed by atoms with Gasteiger partial charge in [-0.25, -0.2) is 0 Å². The highest BCUT2D eigenvalue weighted by Gasteiger charge is 2.28. The van der Waals surface area contributed by atoms with Gasteiger partial charge in [-0.05, 0) is 52.6 Å². The van der Waals surface area contributed by atoms with E-state index in [9.17, 15) is 14.5 Å². The maximum Gasteiger partial charge on any atom is 0.194 e. The predicted octanol–water partition coefficient (Wildman–Crippen LogP) is 2.34. The fourth-order valence-corrected chi connectivity index (χ4v) is 2.77. The zero-order valence-electron chi connectivity index (χ0n) is 9.64. The smallest absolute Gasteiger partial charge is 0.194 e. The van der Waals surface area contributed by atoms with Crippen molar-refractivity contribution in [1.29, 1.82) is 0 Å². The van der Waals surface area contributed by atoms with E-state index in [0.717, 1.165) is 11.1 Å². The van der Waals surface area contributed by atoms with Gasteiger partial charge in [-0.3, -0.25) is 4.79 Å². The normalized spacial score (nSPS) is 14.2. The van der Waals surface area contributed by atoms with Crippen molar-refractivity contribution in [2.75, 3.05) is 6.26 Å². The van der Waals surface area contributed by atoms with Crippen LogP contribution in [0.15, 0.2) is 41.3 Å². The lowest BCUT2D eigenvalue weighted by Crippen LogP contribution is -1.99. The second-order valence-corrected chi connectivity index (χ2v) is 5.60. The van der Waals surface area contributed by atoms with E-state index in [2.05, 4.69) is 0 Å². The molecule has 2 aromatic carbocycles. The van der Waals surface area contributed by atoms with Crippen LogP contribution in [0.1, 0.15) is 15.9 Å². The Hall–Kier alpha value is -1.78. The Kier molecular flexibility index (Phi) is 2.43. The quantitative estimate of drug-likeness (QED) is 0.681. The first-order valence-corrected chi connectivity index (χ1v) is 6.99. The molecule has 18 heavy (non-hydrogen) atoms. The first kappa shape index (κ1) is 11.3. The number of hydrogen-bond acceptors (Lipinski definition) is 3. The van der Waals surface area contributed by atoms with Crippen LogP contribution in [0.5, 0.6) is 5.75 Å². The van der Waals surface area contributed by atoms with E-state index in [4.69, 9.17) is 0 Å². The molecule has 3 nitrogen and oxygen atoms in total. The molecule has 1 aliphatic carbocycles. The summed E-state index contributed by atoms with van der Waals surface area (Å²) in [6.45, 7) is 0. The standard InChI is InChI=1S/C14H10O3S/c1-18(17)9-3-5-11-12(7-9)10-4-2-8(15)6-13(10)14(11)16/h2-7,15H,1H3. The highest BCUT2D eigenvalue weighted by atomic mass is 32.2. The van der Waals surface area contributed by atoms with Gasteiger partial charge < -0.3 is 9.66 Å². The van der Waals surface area contributed by atoms with Crippen LogP contribution in [-0.2, 0) is 11.2 Å². The number of fused-ring (bicyclic) bond motifs is 3. The van der Waals surface area contributed by atoms with Crippen molar-refractivity contribution in [2.45, 2.75) is 4.90 Å². The molecule has 90 valence electrons. The Labute approximate surface area is 107 Å². The molecule has 0 radical (unpaired) electrons. The van der Waals surface area contributed by atoms with Gasteiger partial charge in [0, 0.05) is 17.2 Å². The van der Waals surface area contributed by atoms with Crippen LogP contribution >= 0.6 is 0 Å². The van der Waals surface area contributed by atoms with Crippen molar-refractivity contribution in [2.24, 2.45) is 0 Å². The maximum absolute atomic E-state index is 12.1. The lowest BCUT2D eigenvalue weighted by molar-refractivity contribution is 0.104. The summed E-state index contributed by atoms with van der Waals surface area (Å²) < 4.78 is 11.5. The topological polar surface area (TPSA) is 60.4 Å². The summed E-state index contributed by atoms with van der Waals surface area (Å²) in [5.74, 6) is -0.0152. The molecule has 0 saturated carbocycles. The van der Waals surface area contributed by atoms with Gasteiger partial charge in [-0.2, -0.15) is 0 Å². The number of carbonyl (C=O) groups excluding carboxylic acids is 1. The molecule has 1 N–H and O–H groups in total. The van der Waals surface area contributed by atoms with Crippen LogP contribution in [0.2, 0.25) is 0 Å². The van der Waals surface area contributed by atoms with Gasteiger partial charge in [-0.1, -0.05) is 0 Å².